The highest BCUT2D eigenvalue weighted by molar-refractivity contribution is 6.03. The summed E-state index contributed by atoms with van der Waals surface area (Å²) in [4.78, 5) is 39.4. The Hall–Kier alpha value is -2.17. The predicted molar refractivity (Wildman–Crippen MR) is 105 cm³/mol. The number of fused-ring (bicyclic) bond motifs is 2. The molecule has 2 fully saturated rings. The molecule has 1 heterocycles. The maximum atomic E-state index is 13.0. The van der Waals surface area contributed by atoms with Crippen molar-refractivity contribution in [2.24, 2.45) is 16.7 Å². The minimum atomic E-state index is -0.479. The van der Waals surface area contributed by atoms with Crippen LogP contribution in [0.1, 0.15) is 57.6 Å². The van der Waals surface area contributed by atoms with Gasteiger partial charge < -0.3 is 5.32 Å². The average Bonchev–Trinajstić information content (AvgIpc) is 2.78. The number of nitrogens with one attached hydrogen (secondary N) is 1. The highest BCUT2D eigenvalue weighted by Crippen LogP contribution is 2.60. The van der Waals surface area contributed by atoms with Gasteiger partial charge in [0.2, 0.25) is 17.7 Å². The molecular weight excluding hydrogens is 340 g/mol. The zero-order valence-corrected chi connectivity index (χ0v) is 17.0. The average molecular weight is 370 g/mol. The van der Waals surface area contributed by atoms with Crippen molar-refractivity contribution in [2.45, 2.75) is 60.3 Å². The number of piperidine rings is 1. The van der Waals surface area contributed by atoms with Gasteiger partial charge in [-0.1, -0.05) is 26.8 Å². The van der Waals surface area contributed by atoms with E-state index in [2.05, 4.69) is 5.32 Å². The van der Waals surface area contributed by atoms with Crippen LogP contribution in [0, 0.1) is 30.6 Å². The molecule has 5 heteroatoms. The molecule has 1 saturated carbocycles. The molecule has 146 valence electrons. The lowest BCUT2D eigenvalue weighted by atomic mass is 9.62. The van der Waals surface area contributed by atoms with E-state index in [1.807, 2.05) is 52.8 Å². The molecule has 2 atom stereocenters. The van der Waals surface area contributed by atoms with Crippen molar-refractivity contribution in [1.29, 1.82) is 0 Å². The highest BCUT2D eigenvalue weighted by atomic mass is 16.2. The Morgan fingerprint density at radius 1 is 1.19 bits per heavy atom. The molecule has 3 amide bonds. The van der Waals surface area contributed by atoms with Gasteiger partial charge in [0.25, 0.3) is 0 Å². The predicted octanol–water partition coefficient (Wildman–Crippen LogP) is 3.83. The first-order valence-corrected chi connectivity index (χ1v) is 9.81. The maximum absolute atomic E-state index is 13.0. The van der Waals surface area contributed by atoms with Crippen molar-refractivity contribution in [3.63, 3.8) is 0 Å². The SMILES string of the molecule is Cc1ccc(NC(=O)CCCN2C(=O)C3CCC(C)(C2=O)C3(C)C)cc1C. The molecule has 1 aromatic rings. The summed E-state index contributed by atoms with van der Waals surface area (Å²) in [5.74, 6) is -0.315. The minimum Gasteiger partial charge on any atom is -0.326 e. The van der Waals surface area contributed by atoms with Crippen LogP contribution in [-0.4, -0.2) is 29.2 Å². The van der Waals surface area contributed by atoms with Crippen LogP contribution in [0.25, 0.3) is 0 Å². The molecule has 1 saturated heterocycles. The summed E-state index contributed by atoms with van der Waals surface area (Å²) < 4.78 is 0. The van der Waals surface area contributed by atoms with Gasteiger partial charge in [-0.25, -0.2) is 0 Å². The van der Waals surface area contributed by atoms with Gasteiger partial charge in [-0.3, -0.25) is 19.3 Å². The van der Waals surface area contributed by atoms with Crippen molar-refractivity contribution >= 4 is 23.4 Å². The number of nitrogens with zero attached hydrogens (tertiary/aromatic N) is 1. The molecule has 5 nitrogen and oxygen atoms in total. The fourth-order valence-electron chi connectivity index (χ4n) is 4.55. The number of hydrogen-bond donors (Lipinski definition) is 1. The van der Waals surface area contributed by atoms with Gasteiger partial charge in [0.15, 0.2) is 0 Å². The van der Waals surface area contributed by atoms with Crippen molar-refractivity contribution in [1.82, 2.24) is 4.90 Å². The molecule has 1 aromatic carbocycles. The Balaban J connectivity index is 1.57. The third kappa shape index (κ3) is 3.17. The second-order valence-corrected chi connectivity index (χ2v) is 8.89. The molecule has 0 radical (unpaired) electrons. The van der Waals surface area contributed by atoms with Gasteiger partial charge >= 0.3 is 0 Å². The minimum absolute atomic E-state index is 0.0606. The van der Waals surface area contributed by atoms with Crippen molar-refractivity contribution in [3.8, 4) is 0 Å². The molecule has 1 N–H and O–H groups in total. The van der Waals surface area contributed by atoms with E-state index in [0.29, 0.717) is 13.0 Å². The zero-order chi connectivity index (χ0) is 20.0. The van der Waals surface area contributed by atoms with Gasteiger partial charge in [0.1, 0.15) is 0 Å². The lowest BCUT2D eigenvalue weighted by Gasteiger charge is -2.47. The van der Waals surface area contributed by atoms with Gasteiger partial charge in [-0.05, 0) is 61.8 Å². The van der Waals surface area contributed by atoms with E-state index in [1.165, 1.54) is 10.5 Å². The smallest absolute Gasteiger partial charge is 0.235 e. The van der Waals surface area contributed by atoms with Crippen LogP contribution in [0.3, 0.4) is 0 Å². The standard InChI is InChI=1S/C22H30N2O3/c1-14-8-9-16(13-15(14)2)23-18(25)7-6-12-24-19(26)17-10-11-22(5,20(24)27)21(17,3)4/h8-9,13,17H,6-7,10-12H2,1-5H3,(H,23,25). The topological polar surface area (TPSA) is 66.5 Å². The van der Waals surface area contributed by atoms with E-state index in [1.54, 1.807) is 0 Å². The molecule has 2 bridgehead atoms. The van der Waals surface area contributed by atoms with Crippen LogP contribution in [-0.2, 0) is 14.4 Å². The molecule has 2 unspecified atom stereocenters. The molecule has 2 aliphatic rings. The van der Waals surface area contributed by atoms with Crippen LogP contribution >= 0.6 is 0 Å². The Kier molecular flexibility index (Phi) is 4.91. The number of benzene rings is 1. The first-order valence-electron chi connectivity index (χ1n) is 9.81. The summed E-state index contributed by atoms with van der Waals surface area (Å²) >= 11 is 0. The number of anilines is 1. The van der Waals surface area contributed by atoms with E-state index in [0.717, 1.165) is 24.1 Å². The molecule has 1 aliphatic heterocycles. The monoisotopic (exact) mass is 370 g/mol. The normalized spacial score (nSPS) is 26.4. The van der Waals surface area contributed by atoms with Crippen LogP contribution in [0.4, 0.5) is 5.69 Å². The van der Waals surface area contributed by atoms with Crippen molar-refractivity contribution < 1.29 is 14.4 Å². The Morgan fingerprint density at radius 2 is 1.89 bits per heavy atom. The van der Waals surface area contributed by atoms with E-state index >= 15 is 0 Å². The Morgan fingerprint density at radius 3 is 2.56 bits per heavy atom. The van der Waals surface area contributed by atoms with E-state index in [4.69, 9.17) is 0 Å². The summed E-state index contributed by atoms with van der Waals surface area (Å²) in [6.45, 7) is 10.4. The lowest BCUT2D eigenvalue weighted by Crippen LogP contribution is -2.59. The number of imide groups is 1. The van der Waals surface area contributed by atoms with Crippen molar-refractivity contribution in [2.75, 3.05) is 11.9 Å². The van der Waals surface area contributed by atoms with Gasteiger partial charge in [-0.15, -0.1) is 0 Å². The second-order valence-electron chi connectivity index (χ2n) is 8.89. The van der Waals surface area contributed by atoms with E-state index in [9.17, 15) is 14.4 Å². The summed E-state index contributed by atoms with van der Waals surface area (Å²) in [5, 5.41) is 2.89. The zero-order valence-electron chi connectivity index (χ0n) is 17.0. The molecule has 0 spiro atoms. The number of rotatable bonds is 5. The van der Waals surface area contributed by atoms with Gasteiger partial charge in [-0.2, -0.15) is 0 Å². The van der Waals surface area contributed by atoms with Crippen LogP contribution in [0.2, 0.25) is 0 Å². The number of amides is 3. The van der Waals surface area contributed by atoms with E-state index in [-0.39, 0.29) is 35.5 Å². The number of aryl methyl sites for hydroxylation is 2. The molecular formula is C22H30N2O3. The summed E-state index contributed by atoms with van der Waals surface area (Å²) in [6, 6.07) is 5.82. The summed E-state index contributed by atoms with van der Waals surface area (Å²) in [7, 11) is 0. The third-order valence-electron chi connectivity index (χ3n) is 7.08. The number of likely N-dealkylation sites (tertiary alicyclic amines) is 1. The summed E-state index contributed by atoms with van der Waals surface area (Å²) in [6.07, 6.45) is 2.31. The first-order chi connectivity index (χ1) is 12.6. The maximum Gasteiger partial charge on any atom is 0.235 e. The third-order valence-corrected chi connectivity index (χ3v) is 7.08. The fourth-order valence-corrected chi connectivity index (χ4v) is 4.55. The molecule has 1 aliphatic carbocycles. The number of hydrogen-bond acceptors (Lipinski definition) is 3. The Bertz CT molecular complexity index is 799. The van der Waals surface area contributed by atoms with Gasteiger partial charge in [0, 0.05) is 24.6 Å². The van der Waals surface area contributed by atoms with Crippen LogP contribution < -0.4 is 5.32 Å². The first kappa shape index (κ1) is 19.6. The van der Waals surface area contributed by atoms with Crippen molar-refractivity contribution in [3.05, 3.63) is 29.3 Å². The van der Waals surface area contributed by atoms with Gasteiger partial charge in [0.05, 0.1) is 5.41 Å². The van der Waals surface area contributed by atoms with Crippen LogP contribution in [0.5, 0.6) is 0 Å². The number of carbonyl (C=O) groups excluding carboxylic acids is 3. The molecule has 3 rings (SSSR count). The lowest BCUT2D eigenvalue weighted by molar-refractivity contribution is -0.168. The second kappa shape index (κ2) is 6.77. The Labute approximate surface area is 161 Å². The molecule has 27 heavy (non-hydrogen) atoms. The summed E-state index contributed by atoms with van der Waals surface area (Å²) in [5.41, 5.74) is 2.32. The largest absolute Gasteiger partial charge is 0.326 e. The quantitative estimate of drug-likeness (QED) is 0.801. The molecule has 0 aromatic heterocycles. The van der Waals surface area contributed by atoms with Crippen LogP contribution in [0.15, 0.2) is 18.2 Å². The van der Waals surface area contributed by atoms with E-state index < -0.39 is 5.41 Å². The fraction of sp³-hybridized carbons (Fsp3) is 0.591. The number of carbonyl (C=O) groups is 3. The highest BCUT2D eigenvalue weighted by Gasteiger charge is 2.64.